The Morgan fingerprint density at radius 2 is 2.06 bits per heavy atom. The number of thioether (sulfide) groups is 1. The van der Waals surface area contributed by atoms with Crippen LogP contribution < -0.4 is 5.73 Å². The molecule has 0 aliphatic carbocycles. The number of aromatic nitrogens is 1. The molecule has 1 aromatic heterocycles. The van der Waals surface area contributed by atoms with Crippen LogP contribution in [0.2, 0.25) is 0 Å². The van der Waals surface area contributed by atoms with Gasteiger partial charge in [-0.25, -0.2) is 4.98 Å². The van der Waals surface area contributed by atoms with Crippen molar-refractivity contribution in [2.75, 3.05) is 5.75 Å². The summed E-state index contributed by atoms with van der Waals surface area (Å²) >= 11 is 3.74. The lowest BCUT2D eigenvalue weighted by Gasteiger charge is -2.16. The number of nitrogens with zero attached hydrogens (tertiary/aromatic N) is 1. The second kappa shape index (κ2) is 6.03. The quantitative estimate of drug-likeness (QED) is 0.821. The Balaban J connectivity index is 2.78. The van der Waals surface area contributed by atoms with E-state index >= 15 is 0 Å². The highest BCUT2D eigenvalue weighted by molar-refractivity contribution is 7.98. The minimum Gasteiger partial charge on any atom is -0.326 e. The van der Waals surface area contributed by atoms with Gasteiger partial charge in [0.05, 0.1) is 5.69 Å². The summed E-state index contributed by atoms with van der Waals surface area (Å²) in [5.41, 5.74) is 7.08. The summed E-state index contributed by atoms with van der Waals surface area (Å²) in [6.45, 7) is 9.42. The van der Waals surface area contributed by atoms with Crippen molar-refractivity contribution in [1.82, 2.24) is 4.98 Å². The highest BCUT2D eigenvalue weighted by atomic mass is 32.2. The Labute approximate surface area is 107 Å². The minimum atomic E-state index is 0.110. The third-order valence-corrected chi connectivity index (χ3v) is 4.65. The average molecular weight is 258 g/mol. The molecular formula is C12H22N2S2. The van der Waals surface area contributed by atoms with Crippen LogP contribution in [0.4, 0.5) is 0 Å². The molecule has 0 spiro atoms. The van der Waals surface area contributed by atoms with Crippen LogP contribution in [0.25, 0.3) is 0 Å². The van der Waals surface area contributed by atoms with Crippen molar-refractivity contribution >= 4 is 23.1 Å². The molecule has 1 rings (SSSR count). The first-order valence-electron chi connectivity index (χ1n) is 5.76. The van der Waals surface area contributed by atoms with Crippen molar-refractivity contribution in [3.05, 3.63) is 15.6 Å². The van der Waals surface area contributed by atoms with Crippen LogP contribution in [0.15, 0.2) is 0 Å². The Morgan fingerprint density at radius 1 is 1.38 bits per heavy atom. The largest absolute Gasteiger partial charge is 0.326 e. The number of hydrogen-bond acceptors (Lipinski definition) is 4. The van der Waals surface area contributed by atoms with Crippen molar-refractivity contribution in [3.8, 4) is 0 Å². The van der Waals surface area contributed by atoms with Gasteiger partial charge in [-0.2, -0.15) is 11.8 Å². The van der Waals surface area contributed by atoms with E-state index in [0.29, 0.717) is 6.54 Å². The topological polar surface area (TPSA) is 38.9 Å². The monoisotopic (exact) mass is 258 g/mol. The molecule has 1 aromatic rings. The first-order valence-corrected chi connectivity index (χ1v) is 7.73. The highest BCUT2D eigenvalue weighted by Crippen LogP contribution is 2.30. The fourth-order valence-electron chi connectivity index (χ4n) is 1.49. The van der Waals surface area contributed by atoms with Gasteiger partial charge in [0.25, 0.3) is 0 Å². The van der Waals surface area contributed by atoms with Crippen molar-refractivity contribution in [3.63, 3.8) is 0 Å². The summed E-state index contributed by atoms with van der Waals surface area (Å²) in [6, 6.07) is 0. The predicted octanol–water partition coefficient (Wildman–Crippen LogP) is 3.54. The van der Waals surface area contributed by atoms with E-state index in [0.717, 1.165) is 5.75 Å². The Hall–Kier alpha value is -0.0600. The van der Waals surface area contributed by atoms with Crippen molar-refractivity contribution in [1.29, 1.82) is 0 Å². The zero-order valence-electron chi connectivity index (χ0n) is 10.7. The minimum absolute atomic E-state index is 0.110. The van der Waals surface area contributed by atoms with E-state index in [-0.39, 0.29) is 5.41 Å². The van der Waals surface area contributed by atoms with Gasteiger partial charge in [0.2, 0.25) is 0 Å². The Bertz CT molecular complexity index is 326. The maximum Gasteiger partial charge on any atom is 0.103 e. The van der Waals surface area contributed by atoms with Gasteiger partial charge < -0.3 is 5.73 Å². The van der Waals surface area contributed by atoms with Crippen LogP contribution >= 0.6 is 23.1 Å². The van der Waals surface area contributed by atoms with Gasteiger partial charge in [0.15, 0.2) is 0 Å². The third-order valence-electron chi connectivity index (χ3n) is 2.21. The van der Waals surface area contributed by atoms with Gasteiger partial charge >= 0.3 is 0 Å². The summed E-state index contributed by atoms with van der Waals surface area (Å²) in [4.78, 5) is 5.99. The van der Waals surface area contributed by atoms with Crippen LogP contribution in [-0.4, -0.2) is 10.7 Å². The number of nitrogens with two attached hydrogens (primary N) is 1. The summed E-state index contributed by atoms with van der Waals surface area (Å²) in [5, 5.41) is 1.23. The Morgan fingerprint density at radius 3 is 2.50 bits per heavy atom. The lowest BCUT2D eigenvalue weighted by atomic mass is 9.91. The maximum absolute atomic E-state index is 5.78. The summed E-state index contributed by atoms with van der Waals surface area (Å²) < 4.78 is 0. The van der Waals surface area contributed by atoms with Gasteiger partial charge in [-0.05, 0) is 12.2 Å². The van der Waals surface area contributed by atoms with Gasteiger partial charge in [-0.15, -0.1) is 11.3 Å². The number of rotatable bonds is 5. The number of hydrogen-bond donors (Lipinski definition) is 1. The van der Waals surface area contributed by atoms with E-state index < -0.39 is 0 Å². The first-order chi connectivity index (χ1) is 7.49. The fourth-order valence-corrected chi connectivity index (χ4v) is 3.60. The predicted molar refractivity (Wildman–Crippen MR) is 75.2 cm³/mol. The van der Waals surface area contributed by atoms with Crippen LogP contribution in [0.5, 0.6) is 0 Å². The molecular weight excluding hydrogens is 236 g/mol. The highest BCUT2D eigenvalue weighted by Gasteiger charge is 2.22. The molecule has 0 aromatic carbocycles. The van der Waals surface area contributed by atoms with Crippen molar-refractivity contribution in [2.24, 2.45) is 5.73 Å². The standard InChI is InChI=1S/C12H22N2S2/c1-5-6-15-8-10-14-11(12(2,3)4)9(7-13)16-10/h5-8,13H2,1-4H3. The van der Waals surface area contributed by atoms with Crippen LogP contribution in [0.3, 0.4) is 0 Å². The molecule has 2 N–H and O–H groups in total. The smallest absolute Gasteiger partial charge is 0.103 e. The molecule has 2 nitrogen and oxygen atoms in total. The molecule has 0 atom stereocenters. The molecule has 0 aliphatic heterocycles. The normalized spacial score (nSPS) is 12.1. The summed E-state index contributed by atoms with van der Waals surface area (Å²) in [7, 11) is 0. The molecule has 0 saturated heterocycles. The van der Waals surface area contributed by atoms with Gasteiger partial charge in [-0.3, -0.25) is 0 Å². The molecule has 92 valence electrons. The van der Waals surface area contributed by atoms with E-state index in [1.165, 1.54) is 27.8 Å². The fraction of sp³-hybridized carbons (Fsp3) is 0.750. The molecule has 0 aliphatic rings. The lowest BCUT2D eigenvalue weighted by molar-refractivity contribution is 0.565. The number of thiazole rings is 1. The van der Waals surface area contributed by atoms with Crippen molar-refractivity contribution < 1.29 is 0 Å². The van der Waals surface area contributed by atoms with E-state index in [2.05, 4.69) is 27.7 Å². The van der Waals surface area contributed by atoms with Crippen LogP contribution in [-0.2, 0) is 17.7 Å². The molecule has 0 amide bonds. The van der Waals surface area contributed by atoms with Gasteiger partial charge in [0, 0.05) is 22.6 Å². The van der Waals surface area contributed by atoms with Crippen molar-refractivity contribution in [2.45, 2.75) is 51.8 Å². The Kier molecular flexibility index (Phi) is 5.28. The summed E-state index contributed by atoms with van der Waals surface area (Å²) in [5.74, 6) is 2.24. The maximum atomic E-state index is 5.78. The average Bonchev–Trinajstić information content (AvgIpc) is 2.61. The molecule has 1 heterocycles. The molecule has 0 radical (unpaired) electrons. The van der Waals surface area contributed by atoms with E-state index in [1.807, 2.05) is 11.8 Å². The molecule has 0 bridgehead atoms. The van der Waals surface area contributed by atoms with Gasteiger partial charge in [0.1, 0.15) is 5.01 Å². The van der Waals surface area contributed by atoms with Crippen LogP contribution in [0.1, 0.15) is 49.7 Å². The SMILES string of the molecule is CCCSCc1nc(C(C)(C)C)c(CN)s1. The van der Waals surface area contributed by atoms with E-state index in [9.17, 15) is 0 Å². The third kappa shape index (κ3) is 3.75. The summed E-state index contributed by atoms with van der Waals surface area (Å²) in [6.07, 6.45) is 1.23. The second-order valence-corrected chi connectivity index (χ2v) is 7.16. The molecule has 0 saturated carbocycles. The van der Waals surface area contributed by atoms with Crippen LogP contribution in [0, 0.1) is 0 Å². The van der Waals surface area contributed by atoms with Gasteiger partial charge in [-0.1, -0.05) is 27.7 Å². The zero-order valence-corrected chi connectivity index (χ0v) is 12.3. The zero-order chi connectivity index (χ0) is 12.2. The molecule has 0 unspecified atom stereocenters. The second-order valence-electron chi connectivity index (χ2n) is 4.89. The molecule has 16 heavy (non-hydrogen) atoms. The molecule has 0 fully saturated rings. The van der Waals surface area contributed by atoms with E-state index in [4.69, 9.17) is 10.7 Å². The lowest BCUT2D eigenvalue weighted by Crippen LogP contribution is -2.15. The first kappa shape index (κ1) is 14.0. The van der Waals surface area contributed by atoms with E-state index in [1.54, 1.807) is 11.3 Å². The molecule has 4 heteroatoms.